The number of nitrogens with one attached hydrogen (secondary N) is 1. The van der Waals surface area contributed by atoms with Gasteiger partial charge in [-0.25, -0.2) is 4.68 Å². The second-order valence-corrected chi connectivity index (χ2v) is 6.58. The number of rotatable bonds is 5. The van der Waals surface area contributed by atoms with Crippen molar-refractivity contribution in [3.05, 3.63) is 94.9 Å². The molecule has 0 saturated heterocycles. The summed E-state index contributed by atoms with van der Waals surface area (Å²) in [5.41, 5.74) is 1.03. The maximum absolute atomic E-state index is 12.6. The van der Waals surface area contributed by atoms with Crippen molar-refractivity contribution in [3.63, 3.8) is 0 Å². The summed E-state index contributed by atoms with van der Waals surface area (Å²) in [7, 11) is 0. The summed E-state index contributed by atoms with van der Waals surface area (Å²) in [5.74, 6) is 1.07. The van der Waals surface area contributed by atoms with Crippen molar-refractivity contribution in [3.8, 4) is 11.5 Å². The molecular weight excluding hydrogens is 366 g/mol. The lowest BCUT2D eigenvalue weighted by molar-refractivity contribution is -0.117. The molecule has 0 aliphatic heterocycles. The van der Waals surface area contributed by atoms with Crippen molar-refractivity contribution in [2.75, 3.05) is 5.32 Å². The van der Waals surface area contributed by atoms with Gasteiger partial charge in [0.25, 0.3) is 5.56 Å². The quantitative estimate of drug-likeness (QED) is 0.560. The van der Waals surface area contributed by atoms with Crippen LogP contribution in [0.15, 0.2) is 83.7 Å². The largest absolute Gasteiger partial charge is 0.457 e. The zero-order chi connectivity index (χ0) is 20.2. The molecule has 1 N–H and O–H groups in total. The molecule has 0 unspecified atom stereocenters. The van der Waals surface area contributed by atoms with Crippen LogP contribution in [0.4, 0.5) is 5.69 Å². The maximum Gasteiger partial charge on any atom is 0.275 e. The topological polar surface area (TPSA) is 73.2 Å². The van der Waals surface area contributed by atoms with E-state index in [1.165, 1.54) is 4.68 Å². The number of anilines is 1. The Kier molecular flexibility index (Phi) is 5.07. The molecule has 4 aromatic rings. The molecule has 4 rings (SSSR count). The van der Waals surface area contributed by atoms with Crippen molar-refractivity contribution in [2.24, 2.45) is 0 Å². The van der Waals surface area contributed by atoms with Crippen LogP contribution in [-0.2, 0) is 11.3 Å². The molecule has 0 aliphatic carbocycles. The van der Waals surface area contributed by atoms with Gasteiger partial charge >= 0.3 is 0 Å². The molecule has 6 nitrogen and oxygen atoms in total. The summed E-state index contributed by atoms with van der Waals surface area (Å²) >= 11 is 0. The minimum Gasteiger partial charge on any atom is -0.457 e. The molecule has 0 bridgehead atoms. The molecule has 1 amide bonds. The molecule has 1 aromatic heterocycles. The van der Waals surface area contributed by atoms with E-state index in [1.807, 2.05) is 49.4 Å². The van der Waals surface area contributed by atoms with E-state index in [-0.39, 0.29) is 18.0 Å². The van der Waals surface area contributed by atoms with Gasteiger partial charge in [0.05, 0.1) is 11.1 Å². The predicted octanol–water partition coefficient (Wildman–Crippen LogP) is 4.14. The summed E-state index contributed by atoms with van der Waals surface area (Å²) in [6, 6.07) is 23.7. The minimum atomic E-state index is -0.328. The molecule has 0 aliphatic rings. The Morgan fingerprint density at radius 2 is 1.52 bits per heavy atom. The molecule has 3 aromatic carbocycles. The van der Waals surface area contributed by atoms with Crippen LogP contribution >= 0.6 is 0 Å². The third-order valence-corrected chi connectivity index (χ3v) is 4.46. The van der Waals surface area contributed by atoms with Gasteiger partial charge in [0.1, 0.15) is 18.0 Å². The average Bonchev–Trinajstić information content (AvgIpc) is 2.74. The van der Waals surface area contributed by atoms with Crippen LogP contribution < -0.4 is 15.6 Å². The van der Waals surface area contributed by atoms with Gasteiger partial charge in [-0.1, -0.05) is 36.4 Å². The number of aromatic nitrogens is 2. The molecule has 0 fully saturated rings. The first kappa shape index (κ1) is 18.4. The number of nitrogens with zero attached hydrogens (tertiary/aromatic N) is 2. The highest BCUT2D eigenvalue weighted by Gasteiger charge is 2.11. The van der Waals surface area contributed by atoms with Gasteiger partial charge in [0.15, 0.2) is 0 Å². The number of carbonyl (C=O) groups excluding carboxylic acids is 1. The van der Waals surface area contributed by atoms with Crippen molar-refractivity contribution < 1.29 is 9.53 Å². The van der Waals surface area contributed by atoms with E-state index < -0.39 is 0 Å². The van der Waals surface area contributed by atoms with Gasteiger partial charge in [-0.3, -0.25) is 9.59 Å². The Labute approximate surface area is 167 Å². The fraction of sp³-hybridized carbons (Fsp3) is 0.0870. The first-order valence-electron chi connectivity index (χ1n) is 9.19. The Balaban J connectivity index is 1.45. The second kappa shape index (κ2) is 7.98. The maximum atomic E-state index is 12.6. The molecule has 0 atom stereocenters. The van der Waals surface area contributed by atoms with Crippen LogP contribution in [0.2, 0.25) is 0 Å². The SMILES string of the molecule is Cc1nn(CC(=O)Nc2ccc(Oc3ccccc3)cc2)c(=O)c2ccccc12. The highest BCUT2D eigenvalue weighted by Crippen LogP contribution is 2.22. The van der Waals surface area contributed by atoms with Crippen molar-refractivity contribution in [1.29, 1.82) is 0 Å². The Bertz CT molecular complexity index is 1220. The van der Waals surface area contributed by atoms with Gasteiger partial charge < -0.3 is 10.1 Å². The molecular formula is C23H19N3O3. The Morgan fingerprint density at radius 3 is 2.24 bits per heavy atom. The number of aryl methyl sites for hydroxylation is 1. The van der Waals surface area contributed by atoms with Gasteiger partial charge in [-0.2, -0.15) is 5.10 Å². The zero-order valence-electron chi connectivity index (χ0n) is 15.8. The summed E-state index contributed by atoms with van der Waals surface area (Å²) in [6.45, 7) is 1.66. The molecule has 0 radical (unpaired) electrons. The number of carbonyl (C=O) groups is 1. The second-order valence-electron chi connectivity index (χ2n) is 6.58. The molecule has 1 heterocycles. The lowest BCUT2D eigenvalue weighted by atomic mass is 10.1. The molecule has 0 saturated carbocycles. The fourth-order valence-electron chi connectivity index (χ4n) is 3.08. The van der Waals surface area contributed by atoms with Crippen molar-refractivity contribution >= 4 is 22.4 Å². The Morgan fingerprint density at radius 1 is 0.897 bits per heavy atom. The predicted molar refractivity (Wildman–Crippen MR) is 112 cm³/mol. The van der Waals surface area contributed by atoms with Crippen LogP contribution in [0.1, 0.15) is 5.69 Å². The average molecular weight is 385 g/mol. The lowest BCUT2D eigenvalue weighted by Crippen LogP contribution is -2.30. The smallest absolute Gasteiger partial charge is 0.275 e. The van der Waals surface area contributed by atoms with E-state index in [9.17, 15) is 9.59 Å². The minimum absolute atomic E-state index is 0.160. The summed E-state index contributed by atoms with van der Waals surface area (Å²) in [6.07, 6.45) is 0. The normalized spacial score (nSPS) is 10.7. The highest BCUT2D eigenvalue weighted by atomic mass is 16.5. The third-order valence-electron chi connectivity index (χ3n) is 4.46. The van der Waals surface area contributed by atoms with E-state index in [0.717, 1.165) is 11.1 Å². The molecule has 144 valence electrons. The van der Waals surface area contributed by atoms with Gasteiger partial charge in [0, 0.05) is 11.1 Å². The number of amides is 1. The van der Waals surface area contributed by atoms with Crippen LogP contribution in [0.25, 0.3) is 10.8 Å². The van der Waals surface area contributed by atoms with E-state index in [1.54, 1.807) is 36.4 Å². The van der Waals surface area contributed by atoms with Crippen LogP contribution in [0.5, 0.6) is 11.5 Å². The monoisotopic (exact) mass is 385 g/mol. The number of para-hydroxylation sites is 1. The summed E-state index contributed by atoms with van der Waals surface area (Å²) in [4.78, 5) is 25.0. The number of hydrogen-bond acceptors (Lipinski definition) is 4. The Hall–Kier alpha value is -3.93. The standard InChI is InChI=1S/C23H19N3O3/c1-16-20-9-5-6-10-21(20)23(28)26(25-16)15-22(27)24-17-11-13-19(14-12-17)29-18-7-3-2-4-8-18/h2-14H,15H2,1H3,(H,24,27). The van der Waals surface area contributed by atoms with Crippen molar-refractivity contribution in [1.82, 2.24) is 9.78 Å². The summed E-state index contributed by atoms with van der Waals surface area (Å²) in [5, 5.41) is 8.39. The fourth-order valence-corrected chi connectivity index (χ4v) is 3.08. The zero-order valence-corrected chi connectivity index (χ0v) is 15.8. The van der Waals surface area contributed by atoms with Crippen LogP contribution in [0, 0.1) is 6.92 Å². The van der Waals surface area contributed by atoms with Crippen LogP contribution in [0.3, 0.4) is 0 Å². The summed E-state index contributed by atoms with van der Waals surface area (Å²) < 4.78 is 6.93. The van der Waals surface area contributed by atoms with Gasteiger partial charge in [-0.05, 0) is 49.4 Å². The van der Waals surface area contributed by atoms with Gasteiger partial charge in [0.2, 0.25) is 5.91 Å². The number of fused-ring (bicyclic) bond motifs is 1. The molecule has 6 heteroatoms. The number of hydrogen-bond donors (Lipinski definition) is 1. The lowest BCUT2D eigenvalue weighted by Gasteiger charge is -2.10. The van der Waals surface area contributed by atoms with E-state index in [2.05, 4.69) is 10.4 Å². The van der Waals surface area contributed by atoms with E-state index in [0.29, 0.717) is 22.5 Å². The first-order valence-corrected chi connectivity index (χ1v) is 9.19. The van der Waals surface area contributed by atoms with Crippen molar-refractivity contribution in [2.45, 2.75) is 13.5 Å². The highest BCUT2D eigenvalue weighted by molar-refractivity contribution is 5.91. The number of ether oxygens (including phenoxy) is 1. The van der Waals surface area contributed by atoms with Gasteiger partial charge in [-0.15, -0.1) is 0 Å². The third kappa shape index (κ3) is 4.16. The molecule has 0 spiro atoms. The van der Waals surface area contributed by atoms with E-state index >= 15 is 0 Å². The number of benzene rings is 3. The van der Waals surface area contributed by atoms with Crippen LogP contribution in [-0.4, -0.2) is 15.7 Å². The van der Waals surface area contributed by atoms with E-state index in [4.69, 9.17) is 4.74 Å². The molecule has 29 heavy (non-hydrogen) atoms. The first-order chi connectivity index (χ1) is 14.1.